The van der Waals surface area contributed by atoms with Gasteiger partial charge in [0.1, 0.15) is 0 Å². The molecule has 2 aromatic carbocycles. The number of hydrogen-bond acceptors (Lipinski definition) is 5. The molecule has 0 saturated heterocycles. The van der Waals surface area contributed by atoms with E-state index in [0.29, 0.717) is 6.07 Å². The second-order valence-corrected chi connectivity index (χ2v) is 7.34. The molecule has 0 bridgehead atoms. The summed E-state index contributed by atoms with van der Waals surface area (Å²) >= 11 is 0. The molecule has 7 nitrogen and oxygen atoms in total. The molecule has 2 rings (SSSR count). The highest BCUT2D eigenvalue weighted by Gasteiger charge is 2.30. The van der Waals surface area contributed by atoms with Gasteiger partial charge in [0.2, 0.25) is 0 Å². The maximum absolute atomic E-state index is 12.8. The van der Waals surface area contributed by atoms with E-state index in [9.17, 15) is 31.2 Å². The smallest absolute Gasteiger partial charge is 0.416 e. The third kappa shape index (κ3) is 5.22. The molecule has 11 heteroatoms. The van der Waals surface area contributed by atoms with Crippen LogP contribution in [0, 0.1) is 0 Å². The minimum Gasteiger partial charge on any atom is -0.449 e. The number of ether oxygens (including phenoxy) is 1. The molecule has 0 heterocycles. The van der Waals surface area contributed by atoms with Gasteiger partial charge in [-0.2, -0.15) is 13.2 Å². The number of anilines is 1. The summed E-state index contributed by atoms with van der Waals surface area (Å²) in [6, 6.07) is 8.25. The molecule has 0 aliphatic carbocycles. The number of hydrogen-bond donors (Lipinski definition) is 2. The van der Waals surface area contributed by atoms with Crippen molar-refractivity contribution in [2.45, 2.75) is 24.1 Å². The van der Waals surface area contributed by atoms with E-state index in [1.165, 1.54) is 19.1 Å². The van der Waals surface area contributed by atoms with Gasteiger partial charge in [-0.05, 0) is 43.3 Å². The first-order valence-corrected chi connectivity index (χ1v) is 9.19. The molecule has 2 aromatic rings. The first-order valence-electron chi connectivity index (χ1n) is 7.70. The van der Waals surface area contributed by atoms with Gasteiger partial charge in [-0.25, -0.2) is 13.2 Å². The van der Waals surface area contributed by atoms with Gasteiger partial charge < -0.3 is 10.5 Å². The minimum atomic E-state index is -4.64. The Kier molecular flexibility index (Phi) is 5.98. The van der Waals surface area contributed by atoms with Crippen LogP contribution in [0.5, 0.6) is 0 Å². The lowest BCUT2D eigenvalue weighted by molar-refractivity contribution is -0.137. The zero-order chi connectivity index (χ0) is 21.1. The van der Waals surface area contributed by atoms with Gasteiger partial charge in [0, 0.05) is 5.69 Å². The Morgan fingerprint density at radius 3 is 2.36 bits per heavy atom. The maximum Gasteiger partial charge on any atom is 0.416 e. The van der Waals surface area contributed by atoms with Crippen molar-refractivity contribution < 1.29 is 35.9 Å². The van der Waals surface area contributed by atoms with Crippen LogP contribution in [0.3, 0.4) is 0 Å². The summed E-state index contributed by atoms with van der Waals surface area (Å²) in [6.45, 7) is 1.25. The number of primary amides is 1. The summed E-state index contributed by atoms with van der Waals surface area (Å²) < 4.78 is 70.0. The van der Waals surface area contributed by atoms with Crippen LogP contribution >= 0.6 is 0 Å². The highest BCUT2D eigenvalue weighted by Crippen LogP contribution is 2.31. The monoisotopic (exact) mass is 416 g/mol. The van der Waals surface area contributed by atoms with E-state index < -0.39 is 39.7 Å². The summed E-state index contributed by atoms with van der Waals surface area (Å²) in [7, 11) is -4.29. The summed E-state index contributed by atoms with van der Waals surface area (Å²) in [5.74, 6) is -1.87. The van der Waals surface area contributed by atoms with Crippen molar-refractivity contribution >= 4 is 27.6 Å². The fourth-order valence-corrected chi connectivity index (χ4v) is 3.14. The van der Waals surface area contributed by atoms with Gasteiger partial charge in [-0.1, -0.05) is 12.1 Å². The molecule has 28 heavy (non-hydrogen) atoms. The van der Waals surface area contributed by atoms with Crippen LogP contribution in [0.25, 0.3) is 0 Å². The molecule has 0 radical (unpaired) electrons. The summed E-state index contributed by atoms with van der Waals surface area (Å²) in [6.07, 6.45) is -5.86. The predicted molar refractivity (Wildman–Crippen MR) is 92.8 cm³/mol. The zero-order valence-electron chi connectivity index (χ0n) is 14.4. The summed E-state index contributed by atoms with van der Waals surface area (Å²) in [5, 5.41) is 0. The lowest BCUT2D eigenvalue weighted by Gasteiger charge is -2.12. The Morgan fingerprint density at radius 2 is 1.75 bits per heavy atom. The molecule has 0 aliphatic heterocycles. The van der Waals surface area contributed by atoms with Crippen molar-refractivity contribution in [3.05, 3.63) is 59.7 Å². The number of benzene rings is 2. The van der Waals surface area contributed by atoms with Gasteiger partial charge in [-0.15, -0.1) is 0 Å². The number of alkyl halides is 3. The molecule has 0 aromatic heterocycles. The van der Waals surface area contributed by atoms with E-state index in [4.69, 9.17) is 10.5 Å². The van der Waals surface area contributed by atoms with Crippen LogP contribution in [0.4, 0.5) is 18.9 Å². The largest absolute Gasteiger partial charge is 0.449 e. The maximum atomic E-state index is 12.8. The van der Waals surface area contributed by atoms with Crippen molar-refractivity contribution in [2.24, 2.45) is 5.73 Å². The number of halogens is 3. The van der Waals surface area contributed by atoms with Gasteiger partial charge in [0.25, 0.3) is 15.9 Å². The molecular weight excluding hydrogens is 401 g/mol. The fraction of sp³-hybridized carbons (Fsp3) is 0.176. The minimum absolute atomic E-state index is 0.181. The van der Waals surface area contributed by atoms with Crippen molar-refractivity contribution in [1.82, 2.24) is 0 Å². The number of carbonyl (C=O) groups excluding carboxylic acids is 2. The predicted octanol–water partition coefficient (Wildman–Crippen LogP) is 2.54. The number of nitrogens with one attached hydrogen (secondary N) is 1. The summed E-state index contributed by atoms with van der Waals surface area (Å²) in [5.41, 5.74) is 3.48. The van der Waals surface area contributed by atoms with E-state index in [2.05, 4.69) is 0 Å². The van der Waals surface area contributed by atoms with E-state index >= 15 is 0 Å². The fourth-order valence-electron chi connectivity index (χ4n) is 2.05. The number of rotatable bonds is 6. The third-order valence-electron chi connectivity index (χ3n) is 3.51. The standard InChI is InChI=1S/C17H15F3N2O5S/c1-10(15(21)23)27-16(24)11-4-2-7-14(8-11)28(25,26)22-13-6-3-5-12(9-13)17(18,19)20/h2-10,22H,1H3,(H2,21,23). The van der Waals surface area contributed by atoms with E-state index in [0.717, 1.165) is 30.3 Å². The lowest BCUT2D eigenvalue weighted by Crippen LogP contribution is -2.30. The van der Waals surface area contributed by atoms with Crippen molar-refractivity contribution in [1.29, 1.82) is 0 Å². The van der Waals surface area contributed by atoms with Crippen LogP contribution < -0.4 is 10.5 Å². The molecule has 1 atom stereocenters. The number of esters is 1. The van der Waals surface area contributed by atoms with Crippen LogP contribution in [0.1, 0.15) is 22.8 Å². The second kappa shape index (κ2) is 7.89. The number of carbonyl (C=O) groups is 2. The van der Waals surface area contributed by atoms with Crippen molar-refractivity contribution in [3.8, 4) is 0 Å². The highest BCUT2D eigenvalue weighted by atomic mass is 32.2. The van der Waals surface area contributed by atoms with E-state index in [-0.39, 0.29) is 16.1 Å². The first-order chi connectivity index (χ1) is 12.9. The van der Waals surface area contributed by atoms with Gasteiger partial charge in [-0.3, -0.25) is 9.52 Å². The molecule has 150 valence electrons. The van der Waals surface area contributed by atoms with Gasteiger partial charge in [0.05, 0.1) is 16.0 Å². The molecule has 0 spiro atoms. The van der Waals surface area contributed by atoms with Crippen LogP contribution in [-0.2, 0) is 25.7 Å². The zero-order valence-corrected chi connectivity index (χ0v) is 15.2. The first kappa shape index (κ1) is 21.2. The number of sulfonamides is 1. The Labute approximate surface area is 158 Å². The van der Waals surface area contributed by atoms with Crippen LogP contribution in [-0.4, -0.2) is 26.4 Å². The Hall–Kier alpha value is -3.08. The normalized spacial score (nSPS) is 12.9. The van der Waals surface area contributed by atoms with Crippen molar-refractivity contribution in [3.63, 3.8) is 0 Å². The van der Waals surface area contributed by atoms with Gasteiger partial charge in [0.15, 0.2) is 6.10 Å². The second-order valence-electron chi connectivity index (χ2n) is 5.66. The highest BCUT2D eigenvalue weighted by molar-refractivity contribution is 7.92. The number of amides is 1. The molecule has 0 aliphatic rings. The SMILES string of the molecule is CC(OC(=O)c1cccc(S(=O)(=O)Nc2cccc(C(F)(F)F)c2)c1)C(N)=O. The van der Waals surface area contributed by atoms with Crippen LogP contribution in [0.2, 0.25) is 0 Å². The number of nitrogens with two attached hydrogens (primary N) is 1. The van der Waals surface area contributed by atoms with E-state index in [1.54, 1.807) is 0 Å². The van der Waals surface area contributed by atoms with E-state index in [1.807, 2.05) is 4.72 Å². The van der Waals surface area contributed by atoms with Crippen LogP contribution in [0.15, 0.2) is 53.4 Å². The Balaban J connectivity index is 2.27. The quantitative estimate of drug-likeness (QED) is 0.702. The molecular formula is C17H15F3N2O5S. The third-order valence-corrected chi connectivity index (χ3v) is 4.89. The molecule has 0 saturated carbocycles. The average Bonchev–Trinajstić information content (AvgIpc) is 2.60. The lowest BCUT2D eigenvalue weighted by atomic mass is 10.2. The molecule has 1 unspecified atom stereocenters. The Morgan fingerprint density at radius 1 is 1.11 bits per heavy atom. The molecule has 1 amide bonds. The average molecular weight is 416 g/mol. The van der Waals surface area contributed by atoms with Crippen molar-refractivity contribution in [2.75, 3.05) is 4.72 Å². The topological polar surface area (TPSA) is 116 Å². The summed E-state index contributed by atoms with van der Waals surface area (Å²) in [4.78, 5) is 22.6. The van der Waals surface area contributed by atoms with Gasteiger partial charge >= 0.3 is 12.1 Å². The molecule has 0 fully saturated rings. The molecule has 3 N–H and O–H groups in total. The Bertz CT molecular complexity index is 1010.